The molecular weight excluding hydrogens is 340 g/mol. The molecule has 0 heterocycles. The van der Waals surface area contributed by atoms with E-state index in [0.29, 0.717) is 0 Å². The quantitative estimate of drug-likeness (QED) is 0.201. The number of hydrogen-bond acceptors (Lipinski definition) is 1. The van der Waals surface area contributed by atoms with Gasteiger partial charge in [0.1, 0.15) is 0 Å². The van der Waals surface area contributed by atoms with Crippen LogP contribution in [0.5, 0.6) is 0 Å². The summed E-state index contributed by atoms with van der Waals surface area (Å²) in [5.74, 6) is 4.11. The van der Waals surface area contributed by atoms with Crippen molar-refractivity contribution in [2.45, 2.75) is 122 Å². The van der Waals surface area contributed by atoms with Crippen LogP contribution in [0, 0.1) is 23.7 Å². The highest BCUT2D eigenvalue weighted by molar-refractivity contribution is 4.82. The molecule has 0 saturated heterocycles. The molecule has 0 atom stereocenters. The lowest BCUT2D eigenvalue weighted by Gasteiger charge is -2.38. The van der Waals surface area contributed by atoms with Gasteiger partial charge in [-0.25, -0.2) is 0 Å². The van der Waals surface area contributed by atoms with Gasteiger partial charge in [0, 0.05) is 6.61 Å². The van der Waals surface area contributed by atoms with Gasteiger partial charge in [0.2, 0.25) is 0 Å². The molecule has 2 aliphatic rings. The van der Waals surface area contributed by atoms with Gasteiger partial charge in [0.05, 0.1) is 6.61 Å². The SMILES string of the molecule is C=CCOCCC1CCC(C2CCC(CCCCCCCCCC)CC2)CC1. The monoisotopic (exact) mass is 390 g/mol. The van der Waals surface area contributed by atoms with Crippen molar-refractivity contribution in [2.24, 2.45) is 23.7 Å². The molecule has 0 aromatic heterocycles. The van der Waals surface area contributed by atoms with E-state index in [1.807, 2.05) is 6.08 Å². The first-order chi connectivity index (χ1) is 13.8. The smallest absolute Gasteiger partial charge is 0.0644 e. The molecule has 2 fully saturated rings. The van der Waals surface area contributed by atoms with Crippen LogP contribution in [0.15, 0.2) is 12.7 Å². The van der Waals surface area contributed by atoms with E-state index in [0.717, 1.165) is 36.9 Å². The van der Waals surface area contributed by atoms with Crippen molar-refractivity contribution in [3.8, 4) is 0 Å². The maximum atomic E-state index is 5.59. The summed E-state index contributed by atoms with van der Waals surface area (Å²) in [6.45, 7) is 7.69. The lowest BCUT2D eigenvalue weighted by atomic mass is 9.68. The molecule has 164 valence electrons. The zero-order valence-corrected chi connectivity index (χ0v) is 19.1. The summed E-state index contributed by atoms with van der Waals surface area (Å²) in [6, 6.07) is 0. The fourth-order valence-corrected chi connectivity index (χ4v) is 5.88. The van der Waals surface area contributed by atoms with Crippen molar-refractivity contribution in [1.29, 1.82) is 0 Å². The van der Waals surface area contributed by atoms with Gasteiger partial charge in [-0.05, 0) is 55.8 Å². The summed E-state index contributed by atoms with van der Waals surface area (Å²) in [5, 5.41) is 0. The minimum Gasteiger partial charge on any atom is -0.377 e. The molecule has 0 unspecified atom stereocenters. The first kappa shape index (κ1) is 24.0. The van der Waals surface area contributed by atoms with Crippen LogP contribution >= 0.6 is 0 Å². The second-order valence-electron chi connectivity index (χ2n) is 9.98. The first-order valence-corrected chi connectivity index (χ1v) is 13.0. The van der Waals surface area contributed by atoms with E-state index in [-0.39, 0.29) is 0 Å². The van der Waals surface area contributed by atoms with Gasteiger partial charge in [-0.3, -0.25) is 0 Å². The van der Waals surface area contributed by atoms with E-state index >= 15 is 0 Å². The van der Waals surface area contributed by atoms with Crippen molar-refractivity contribution in [2.75, 3.05) is 13.2 Å². The molecule has 0 bridgehead atoms. The molecule has 0 aromatic rings. The highest BCUT2D eigenvalue weighted by Crippen LogP contribution is 2.42. The van der Waals surface area contributed by atoms with E-state index in [4.69, 9.17) is 4.74 Å². The third-order valence-electron chi connectivity index (χ3n) is 7.82. The van der Waals surface area contributed by atoms with Crippen LogP contribution in [0.4, 0.5) is 0 Å². The molecular formula is C27H50O. The number of unbranched alkanes of at least 4 members (excludes halogenated alkanes) is 7. The number of rotatable bonds is 15. The lowest BCUT2D eigenvalue weighted by Crippen LogP contribution is -2.26. The Balaban J connectivity index is 1.46. The summed E-state index contributed by atoms with van der Waals surface area (Å²) >= 11 is 0. The first-order valence-electron chi connectivity index (χ1n) is 13.0. The Labute approximate surface area is 177 Å². The van der Waals surface area contributed by atoms with Gasteiger partial charge >= 0.3 is 0 Å². The molecule has 1 heteroatoms. The number of ether oxygens (including phenoxy) is 1. The summed E-state index contributed by atoms with van der Waals surface area (Å²) in [6.07, 6.45) is 28.4. The minimum atomic E-state index is 0.720. The van der Waals surface area contributed by atoms with Crippen LogP contribution in [-0.4, -0.2) is 13.2 Å². The van der Waals surface area contributed by atoms with Crippen molar-refractivity contribution < 1.29 is 4.74 Å². The van der Waals surface area contributed by atoms with Gasteiger partial charge in [-0.1, -0.05) is 96.5 Å². The molecule has 28 heavy (non-hydrogen) atoms. The third-order valence-corrected chi connectivity index (χ3v) is 7.82. The molecule has 2 saturated carbocycles. The molecule has 0 aliphatic heterocycles. The van der Waals surface area contributed by atoms with Crippen LogP contribution in [0.1, 0.15) is 122 Å². The van der Waals surface area contributed by atoms with Gasteiger partial charge in [0.25, 0.3) is 0 Å². The fourth-order valence-electron chi connectivity index (χ4n) is 5.88. The normalized spacial score (nSPS) is 28.3. The highest BCUT2D eigenvalue weighted by Gasteiger charge is 2.30. The van der Waals surface area contributed by atoms with Gasteiger partial charge in [0.15, 0.2) is 0 Å². The zero-order valence-electron chi connectivity index (χ0n) is 19.1. The summed E-state index contributed by atoms with van der Waals surface area (Å²) < 4.78 is 5.59. The molecule has 0 radical (unpaired) electrons. The second kappa shape index (κ2) is 15.5. The molecule has 0 aromatic carbocycles. The Morgan fingerprint density at radius 3 is 1.71 bits per heavy atom. The molecule has 2 rings (SSSR count). The van der Waals surface area contributed by atoms with E-state index < -0.39 is 0 Å². The molecule has 0 amide bonds. The Morgan fingerprint density at radius 1 is 0.679 bits per heavy atom. The molecule has 1 nitrogen and oxygen atoms in total. The lowest BCUT2D eigenvalue weighted by molar-refractivity contribution is 0.110. The van der Waals surface area contributed by atoms with Gasteiger partial charge in [-0.2, -0.15) is 0 Å². The zero-order chi connectivity index (χ0) is 19.9. The summed E-state index contributed by atoms with van der Waals surface area (Å²) in [5.41, 5.74) is 0. The van der Waals surface area contributed by atoms with Crippen molar-refractivity contribution >= 4 is 0 Å². The van der Waals surface area contributed by atoms with E-state index in [1.165, 1.54) is 103 Å². The topological polar surface area (TPSA) is 9.23 Å². The molecule has 0 N–H and O–H groups in total. The second-order valence-corrected chi connectivity index (χ2v) is 9.98. The Morgan fingerprint density at radius 2 is 1.18 bits per heavy atom. The van der Waals surface area contributed by atoms with Crippen LogP contribution in [0.2, 0.25) is 0 Å². The Hall–Kier alpha value is -0.300. The predicted octanol–water partition coefficient (Wildman–Crippen LogP) is 8.72. The standard InChI is InChI=1S/C27H50O/c1-3-5-6-7-8-9-10-11-12-24-13-17-26(18-14-24)27-19-15-25(16-20-27)21-23-28-22-4-2/h4,24-27H,2-3,5-23H2,1H3. The van der Waals surface area contributed by atoms with Crippen LogP contribution in [-0.2, 0) is 4.74 Å². The third kappa shape index (κ3) is 9.95. The minimum absolute atomic E-state index is 0.720. The van der Waals surface area contributed by atoms with Crippen molar-refractivity contribution in [1.82, 2.24) is 0 Å². The van der Waals surface area contributed by atoms with E-state index in [2.05, 4.69) is 13.5 Å². The number of hydrogen-bond donors (Lipinski definition) is 0. The van der Waals surface area contributed by atoms with Gasteiger partial charge in [-0.15, -0.1) is 6.58 Å². The Bertz CT molecular complexity index is 360. The van der Waals surface area contributed by atoms with Crippen LogP contribution in [0.3, 0.4) is 0 Å². The largest absolute Gasteiger partial charge is 0.377 e. The van der Waals surface area contributed by atoms with Crippen molar-refractivity contribution in [3.05, 3.63) is 12.7 Å². The fraction of sp³-hybridized carbons (Fsp3) is 0.926. The molecule has 2 aliphatic carbocycles. The summed E-state index contributed by atoms with van der Waals surface area (Å²) in [4.78, 5) is 0. The predicted molar refractivity (Wildman–Crippen MR) is 124 cm³/mol. The van der Waals surface area contributed by atoms with Crippen LogP contribution in [0.25, 0.3) is 0 Å². The maximum Gasteiger partial charge on any atom is 0.0644 e. The average Bonchev–Trinajstić information content (AvgIpc) is 2.74. The average molecular weight is 391 g/mol. The van der Waals surface area contributed by atoms with E-state index in [1.54, 1.807) is 12.8 Å². The van der Waals surface area contributed by atoms with Crippen LogP contribution < -0.4 is 0 Å². The Kier molecular flexibility index (Phi) is 13.3. The van der Waals surface area contributed by atoms with E-state index in [9.17, 15) is 0 Å². The summed E-state index contributed by atoms with van der Waals surface area (Å²) in [7, 11) is 0. The van der Waals surface area contributed by atoms with Gasteiger partial charge < -0.3 is 4.74 Å². The van der Waals surface area contributed by atoms with Crippen molar-refractivity contribution in [3.63, 3.8) is 0 Å². The molecule has 0 spiro atoms. The highest BCUT2D eigenvalue weighted by atomic mass is 16.5. The maximum absolute atomic E-state index is 5.59.